The van der Waals surface area contributed by atoms with Crippen molar-refractivity contribution >= 4 is 17.4 Å². The van der Waals surface area contributed by atoms with Crippen LogP contribution in [0.25, 0.3) is 5.65 Å². The quantitative estimate of drug-likeness (QED) is 0.804. The van der Waals surface area contributed by atoms with E-state index in [1.807, 2.05) is 17.0 Å². The molecule has 4 heterocycles. The van der Waals surface area contributed by atoms with E-state index >= 15 is 0 Å². The minimum absolute atomic E-state index is 0.284. The van der Waals surface area contributed by atoms with Gasteiger partial charge in [-0.2, -0.15) is 4.52 Å². The number of aromatic nitrogens is 4. The normalized spacial score (nSPS) is 19.8. The standard InChI is InChI=1S/C16H23N7O/c24-16(22-6-2-1-3-7-22)12-20-8-10-21(11-9-20)15-5-4-14-18-17-13-23(14)19-15/h4-5,13H,1-3,6-12H2. The average molecular weight is 329 g/mol. The smallest absolute Gasteiger partial charge is 0.236 e. The Bertz CT molecular complexity index is 701. The highest BCUT2D eigenvalue weighted by molar-refractivity contribution is 5.78. The molecule has 8 nitrogen and oxygen atoms in total. The lowest BCUT2D eigenvalue weighted by atomic mass is 10.1. The molecule has 0 aliphatic carbocycles. The minimum atomic E-state index is 0.284. The van der Waals surface area contributed by atoms with Crippen LogP contribution in [-0.4, -0.2) is 81.3 Å². The molecule has 0 radical (unpaired) electrons. The van der Waals surface area contributed by atoms with Crippen LogP contribution in [0, 0.1) is 0 Å². The lowest BCUT2D eigenvalue weighted by Crippen LogP contribution is -2.51. The van der Waals surface area contributed by atoms with Crippen molar-refractivity contribution in [3.8, 4) is 0 Å². The number of piperazine rings is 1. The number of amides is 1. The first-order chi connectivity index (χ1) is 11.8. The van der Waals surface area contributed by atoms with E-state index in [1.54, 1.807) is 10.8 Å². The summed E-state index contributed by atoms with van der Waals surface area (Å²) >= 11 is 0. The van der Waals surface area contributed by atoms with Gasteiger partial charge >= 0.3 is 0 Å². The number of piperidine rings is 1. The molecule has 2 fully saturated rings. The maximum Gasteiger partial charge on any atom is 0.236 e. The zero-order chi connectivity index (χ0) is 16.4. The molecule has 0 bridgehead atoms. The number of likely N-dealkylation sites (tertiary alicyclic amines) is 1. The Labute approximate surface area is 141 Å². The summed E-state index contributed by atoms with van der Waals surface area (Å²) in [6, 6.07) is 3.92. The molecular formula is C16H23N7O. The topological polar surface area (TPSA) is 69.9 Å². The first-order valence-electron chi connectivity index (χ1n) is 8.72. The van der Waals surface area contributed by atoms with E-state index in [-0.39, 0.29) is 5.91 Å². The van der Waals surface area contributed by atoms with Crippen LogP contribution in [0.3, 0.4) is 0 Å². The number of carbonyl (C=O) groups is 1. The van der Waals surface area contributed by atoms with Gasteiger partial charge < -0.3 is 9.80 Å². The number of hydrogen-bond acceptors (Lipinski definition) is 6. The number of nitrogens with zero attached hydrogens (tertiary/aromatic N) is 7. The highest BCUT2D eigenvalue weighted by Crippen LogP contribution is 2.14. The summed E-state index contributed by atoms with van der Waals surface area (Å²) in [5, 5.41) is 12.4. The van der Waals surface area contributed by atoms with Crippen molar-refractivity contribution in [2.75, 3.05) is 50.7 Å². The highest BCUT2D eigenvalue weighted by Gasteiger charge is 2.23. The zero-order valence-electron chi connectivity index (χ0n) is 13.8. The molecule has 0 N–H and O–H groups in total. The van der Waals surface area contributed by atoms with Gasteiger partial charge in [-0.15, -0.1) is 15.3 Å². The molecule has 4 rings (SSSR count). The third kappa shape index (κ3) is 3.19. The maximum absolute atomic E-state index is 12.4. The predicted octanol–water partition coefficient (Wildman–Crippen LogP) is 0.259. The highest BCUT2D eigenvalue weighted by atomic mass is 16.2. The van der Waals surface area contributed by atoms with Gasteiger partial charge in [-0.05, 0) is 31.4 Å². The van der Waals surface area contributed by atoms with E-state index in [2.05, 4.69) is 25.1 Å². The van der Waals surface area contributed by atoms with Gasteiger partial charge in [0.25, 0.3) is 0 Å². The number of hydrogen-bond donors (Lipinski definition) is 0. The molecule has 1 amide bonds. The monoisotopic (exact) mass is 329 g/mol. The Kier molecular flexibility index (Phi) is 4.29. The molecule has 0 unspecified atom stereocenters. The summed E-state index contributed by atoms with van der Waals surface area (Å²) in [6.07, 6.45) is 5.17. The molecule has 0 aromatic carbocycles. The fourth-order valence-electron chi connectivity index (χ4n) is 3.46. The summed E-state index contributed by atoms with van der Waals surface area (Å²) in [4.78, 5) is 18.9. The fourth-order valence-corrected chi connectivity index (χ4v) is 3.46. The minimum Gasteiger partial charge on any atom is -0.353 e. The number of fused-ring (bicyclic) bond motifs is 1. The van der Waals surface area contributed by atoms with Gasteiger partial charge in [0.05, 0.1) is 6.54 Å². The van der Waals surface area contributed by atoms with E-state index in [0.717, 1.165) is 63.6 Å². The van der Waals surface area contributed by atoms with Crippen LogP contribution >= 0.6 is 0 Å². The molecular weight excluding hydrogens is 306 g/mol. The summed E-state index contributed by atoms with van der Waals surface area (Å²) in [5.74, 6) is 1.22. The number of carbonyl (C=O) groups excluding carboxylic acids is 1. The molecule has 24 heavy (non-hydrogen) atoms. The van der Waals surface area contributed by atoms with Gasteiger partial charge in [0.1, 0.15) is 12.1 Å². The molecule has 2 aromatic heterocycles. The van der Waals surface area contributed by atoms with Gasteiger partial charge in [0.15, 0.2) is 5.65 Å². The zero-order valence-corrected chi connectivity index (χ0v) is 13.8. The third-order valence-electron chi connectivity index (χ3n) is 4.91. The van der Waals surface area contributed by atoms with Crippen molar-refractivity contribution in [3.63, 3.8) is 0 Å². The SMILES string of the molecule is O=C(CN1CCN(c2ccc3nncn3n2)CC1)N1CCCCC1. The molecule has 2 saturated heterocycles. The Morgan fingerprint density at radius 1 is 1.00 bits per heavy atom. The van der Waals surface area contributed by atoms with E-state index in [9.17, 15) is 4.79 Å². The second-order valence-electron chi connectivity index (χ2n) is 6.53. The van der Waals surface area contributed by atoms with Crippen LogP contribution in [0.2, 0.25) is 0 Å². The molecule has 2 aliphatic rings. The molecule has 2 aliphatic heterocycles. The Hall–Kier alpha value is -2.22. The van der Waals surface area contributed by atoms with E-state index in [4.69, 9.17) is 0 Å². The van der Waals surface area contributed by atoms with Crippen LogP contribution in [0.4, 0.5) is 5.82 Å². The Morgan fingerprint density at radius 3 is 2.58 bits per heavy atom. The lowest BCUT2D eigenvalue weighted by Gasteiger charge is -2.36. The Morgan fingerprint density at radius 2 is 1.79 bits per heavy atom. The van der Waals surface area contributed by atoms with E-state index in [0.29, 0.717) is 6.54 Å². The second-order valence-corrected chi connectivity index (χ2v) is 6.53. The first-order valence-corrected chi connectivity index (χ1v) is 8.72. The maximum atomic E-state index is 12.4. The third-order valence-corrected chi connectivity index (χ3v) is 4.91. The molecule has 8 heteroatoms. The number of anilines is 1. The first kappa shape index (κ1) is 15.3. The van der Waals surface area contributed by atoms with Crippen molar-refractivity contribution in [2.24, 2.45) is 0 Å². The predicted molar refractivity (Wildman–Crippen MR) is 89.9 cm³/mol. The van der Waals surface area contributed by atoms with Gasteiger partial charge in [-0.25, -0.2) is 0 Å². The summed E-state index contributed by atoms with van der Waals surface area (Å²) < 4.78 is 1.70. The second kappa shape index (κ2) is 6.72. The van der Waals surface area contributed by atoms with Crippen molar-refractivity contribution < 1.29 is 4.79 Å². The van der Waals surface area contributed by atoms with Crippen LogP contribution in [0.15, 0.2) is 18.5 Å². The average Bonchev–Trinajstić information content (AvgIpc) is 3.11. The van der Waals surface area contributed by atoms with Crippen LogP contribution in [0.1, 0.15) is 19.3 Å². The molecule has 0 atom stereocenters. The van der Waals surface area contributed by atoms with Crippen molar-refractivity contribution in [2.45, 2.75) is 19.3 Å². The van der Waals surface area contributed by atoms with Crippen molar-refractivity contribution in [1.29, 1.82) is 0 Å². The largest absolute Gasteiger partial charge is 0.353 e. The molecule has 2 aromatic rings. The van der Waals surface area contributed by atoms with Gasteiger partial charge in [-0.3, -0.25) is 9.69 Å². The summed E-state index contributed by atoms with van der Waals surface area (Å²) in [7, 11) is 0. The van der Waals surface area contributed by atoms with Gasteiger partial charge in [0, 0.05) is 39.3 Å². The van der Waals surface area contributed by atoms with Crippen LogP contribution in [0.5, 0.6) is 0 Å². The van der Waals surface area contributed by atoms with E-state index < -0.39 is 0 Å². The van der Waals surface area contributed by atoms with Crippen molar-refractivity contribution in [3.05, 3.63) is 18.5 Å². The lowest BCUT2D eigenvalue weighted by molar-refractivity contribution is -0.133. The summed E-state index contributed by atoms with van der Waals surface area (Å²) in [6.45, 7) is 5.96. The Balaban J connectivity index is 1.32. The molecule has 0 spiro atoms. The fraction of sp³-hybridized carbons (Fsp3) is 0.625. The number of rotatable bonds is 3. The van der Waals surface area contributed by atoms with Crippen LogP contribution < -0.4 is 4.90 Å². The van der Waals surface area contributed by atoms with Gasteiger partial charge in [-0.1, -0.05) is 0 Å². The van der Waals surface area contributed by atoms with Crippen molar-refractivity contribution in [1.82, 2.24) is 29.6 Å². The van der Waals surface area contributed by atoms with E-state index in [1.165, 1.54) is 6.42 Å². The molecule has 0 saturated carbocycles. The van der Waals surface area contributed by atoms with Gasteiger partial charge in [0.2, 0.25) is 5.91 Å². The summed E-state index contributed by atoms with van der Waals surface area (Å²) in [5.41, 5.74) is 0.754. The van der Waals surface area contributed by atoms with Crippen LogP contribution in [-0.2, 0) is 4.79 Å². The molecule has 128 valence electrons.